The van der Waals surface area contributed by atoms with Crippen molar-refractivity contribution in [3.8, 4) is 89.0 Å². The minimum Gasteiger partial charge on any atom is -0.204 e. The van der Waals surface area contributed by atoms with Crippen LogP contribution in [0.2, 0.25) is 0 Å². The molecule has 0 spiro atoms. The Balaban J connectivity index is 1.23. The maximum atomic E-state index is 14.3. The zero-order valence-corrected chi connectivity index (χ0v) is 33.5. The Hall–Kier alpha value is -7.86. The molecule has 66 heavy (non-hydrogen) atoms. The van der Waals surface area contributed by atoms with Crippen LogP contribution < -0.4 is 0 Å². The van der Waals surface area contributed by atoms with Crippen molar-refractivity contribution >= 4 is 0 Å². The summed E-state index contributed by atoms with van der Waals surface area (Å²) in [7, 11) is 0. The highest BCUT2D eigenvalue weighted by atomic mass is 19.2. The molecule has 0 atom stereocenters. The van der Waals surface area contributed by atoms with Gasteiger partial charge < -0.3 is 0 Å². The van der Waals surface area contributed by atoms with Crippen LogP contribution in [0, 0.1) is 69.8 Å². The minimum atomic E-state index is -1.62. The third-order valence-corrected chi connectivity index (χ3v) is 11.2. The van der Waals surface area contributed by atoms with E-state index in [9.17, 15) is 52.7 Å². The van der Waals surface area contributed by atoms with Crippen LogP contribution in [0.15, 0.2) is 158 Å². The van der Waals surface area contributed by atoms with E-state index in [4.69, 9.17) is 0 Å². The van der Waals surface area contributed by atoms with Crippen molar-refractivity contribution in [3.05, 3.63) is 228 Å². The van der Waals surface area contributed by atoms with Crippen LogP contribution in [-0.4, -0.2) is 0 Å². The van der Waals surface area contributed by atoms with E-state index < -0.39 is 69.8 Å². The Morgan fingerprint density at radius 1 is 0.152 bits per heavy atom. The molecule has 0 amide bonds. The number of hydrogen-bond acceptors (Lipinski definition) is 0. The highest BCUT2D eigenvalue weighted by Crippen LogP contribution is 2.44. The standard InChI is InChI=1S/C54H26F12/c55-43-17-35(18-44(56)51(43)63)27-1-9-31(10-2-27)39-25-41(33-13-5-29(6-14-33)37-21-47(59)53(65)48(60)22-37)42(34-15-7-30(8-16-34)38-23-49(61)54(66)50(62)24-38)26-40(39)32-11-3-28(4-12-32)36-19-45(57)52(64)46(58)20-36/h1-26H. The van der Waals surface area contributed by atoms with Gasteiger partial charge in [0.1, 0.15) is 0 Å². The highest BCUT2D eigenvalue weighted by Gasteiger charge is 2.20. The van der Waals surface area contributed by atoms with E-state index in [0.717, 1.165) is 48.5 Å². The average Bonchev–Trinajstić information content (AvgIpc) is 3.32. The van der Waals surface area contributed by atoms with Crippen molar-refractivity contribution in [2.75, 3.05) is 0 Å². The molecule has 0 bridgehead atoms. The molecule has 0 aliphatic heterocycles. The lowest BCUT2D eigenvalue weighted by Gasteiger charge is -2.19. The molecule has 9 aromatic carbocycles. The molecule has 0 aliphatic carbocycles. The van der Waals surface area contributed by atoms with Crippen LogP contribution >= 0.6 is 0 Å². The molecule has 326 valence electrons. The molecular formula is C54H26F12. The van der Waals surface area contributed by atoms with Crippen molar-refractivity contribution < 1.29 is 52.7 Å². The predicted octanol–water partition coefficient (Wildman–Crippen LogP) is 16.7. The molecule has 0 aliphatic rings. The van der Waals surface area contributed by atoms with Gasteiger partial charge >= 0.3 is 0 Å². The molecular weight excluding hydrogens is 877 g/mol. The second kappa shape index (κ2) is 17.3. The third-order valence-electron chi connectivity index (χ3n) is 11.2. The molecule has 0 heterocycles. The van der Waals surface area contributed by atoms with E-state index in [1.54, 1.807) is 97.1 Å². The van der Waals surface area contributed by atoms with Crippen LogP contribution in [0.1, 0.15) is 0 Å². The Bertz CT molecular complexity index is 2800. The van der Waals surface area contributed by atoms with E-state index >= 15 is 0 Å². The Kier molecular flexibility index (Phi) is 11.3. The minimum absolute atomic E-state index is 0.0639. The zero-order valence-electron chi connectivity index (χ0n) is 33.5. The van der Waals surface area contributed by atoms with Gasteiger partial charge in [-0.05, 0) is 150 Å². The smallest absolute Gasteiger partial charge is 0.194 e. The van der Waals surface area contributed by atoms with Gasteiger partial charge in [0.25, 0.3) is 0 Å². The van der Waals surface area contributed by atoms with Gasteiger partial charge in [0.15, 0.2) is 69.8 Å². The summed E-state index contributed by atoms with van der Waals surface area (Å²) in [6, 6.07) is 36.6. The molecule has 0 fully saturated rings. The monoisotopic (exact) mass is 902 g/mol. The van der Waals surface area contributed by atoms with Crippen molar-refractivity contribution in [1.29, 1.82) is 0 Å². The summed E-state index contributed by atoms with van der Waals surface area (Å²) >= 11 is 0. The van der Waals surface area contributed by atoms with Gasteiger partial charge in [-0.25, -0.2) is 52.7 Å². The van der Waals surface area contributed by atoms with Gasteiger partial charge in [-0.2, -0.15) is 0 Å². The first-order chi connectivity index (χ1) is 31.6. The third kappa shape index (κ3) is 8.22. The van der Waals surface area contributed by atoms with Crippen LogP contribution in [-0.2, 0) is 0 Å². The first-order valence-electron chi connectivity index (χ1n) is 19.8. The van der Waals surface area contributed by atoms with Crippen LogP contribution in [0.4, 0.5) is 52.7 Å². The summed E-state index contributed by atoms with van der Waals surface area (Å²) in [4.78, 5) is 0. The van der Waals surface area contributed by atoms with Crippen molar-refractivity contribution in [2.45, 2.75) is 0 Å². The Labute approximate surface area is 368 Å². The topological polar surface area (TPSA) is 0 Å². The van der Waals surface area contributed by atoms with Crippen molar-refractivity contribution in [1.82, 2.24) is 0 Å². The van der Waals surface area contributed by atoms with E-state index in [-0.39, 0.29) is 22.3 Å². The summed E-state index contributed by atoms with van der Waals surface area (Å²) in [6.07, 6.45) is 0. The number of hydrogen-bond donors (Lipinski definition) is 0. The van der Waals surface area contributed by atoms with Gasteiger partial charge in [0, 0.05) is 0 Å². The molecule has 12 heteroatoms. The maximum absolute atomic E-state index is 14.3. The molecule has 9 rings (SSSR count). The fourth-order valence-electron chi connectivity index (χ4n) is 7.81. The second-order valence-electron chi connectivity index (χ2n) is 15.3. The maximum Gasteiger partial charge on any atom is 0.194 e. The molecule has 0 nitrogen and oxygen atoms in total. The number of benzene rings is 9. The van der Waals surface area contributed by atoms with Crippen LogP contribution in [0.25, 0.3) is 89.0 Å². The second-order valence-corrected chi connectivity index (χ2v) is 15.3. The van der Waals surface area contributed by atoms with E-state index in [0.29, 0.717) is 66.8 Å². The largest absolute Gasteiger partial charge is 0.204 e. The molecule has 0 saturated heterocycles. The van der Waals surface area contributed by atoms with E-state index in [2.05, 4.69) is 0 Å². The Morgan fingerprint density at radius 3 is 0.439 bits per heavy atom. The quantitative estimate of drug-likeness (QED) is 0.105. The fraction of sp³-hybridized carbons (Fsp3) is 0. The van der Waals surface area contributed by atoms with E-state index in [1.807, 2.05) is 12.1 Å². The number of halogens is 12. The zero-order chi connectivity index (χ0) is 46.6. The average molecular weight is 903 g/mol. The highest BCUT2D eigenvalue weighted by molar-refractivity contribution is 5.96. The summed E-state index contributed by atoms with van der Waals surface area (Å²) in [5, 5.41) is 0. The van der Waals surface area contributed by atoms with Gasteiger partial charge in [-0.15, -0.1) is 0 Å². The normalized spacial score (nSPS) is 11.3. The fourth-order valence-corrected chi connectivity index (χ4v) is 7.81. The molecule has 0 unspecified atom stereocenters. The van der Waals surface area contributed by atoms with Crippen LogP contribution in [0.3, 0.4) is 0 Å². The van der Waals surface area contributed by atoms with Gasteiger partial charge in [0.2, 0.25) is 0 Å². The first-order valence-corrected chi connectivity index (χ1v) is 19.8. The summed E-state index contributed by atoms with van der Waals surface area (Å²) in [5.74, 6) is -17.5. The van der Waals surface area contributed by atoms with Crippen molar-refractivity contribution in [3.63, 3.8) is 0 Å². The summed E-state index contributed by atoms with van der Waals surface area (Å²) in [6.45, 7) is 0. The summed E-state index contributed by atoms with van der Waals surface area (Å²) in [5.41, 5.74) is 6.23. The molecule has 0 aromatic heterocycles. The van der Waals surface area contributed by atoms with Gasteiger partial charge in [-0.1, -0.05) is 97.1 Å². The lowest BCUT2D eigenvalue weighted by Crippen LogP contribution is -1.95. The number of rotatable bonds is 8. The SMILES string of the molecule is Fc1cc(-c2ccc(-c3cc(-c4ccc(-c5cc(F)c(F)c(F)c5)cc4)c(-c4ccc(-c5cc(F)c(F)c(F)c5)cc4)cc3-c3ccc(-c4cc(F)c(F)c(F)c4)cc3)cc2)cc(F)c1F. The predicted molar refractivity (Wildman–Crippen MR) is 229 cm³/mol. The molecule has 0 radical (unpaired) electrons. The lowest BCUT2D eigenvalue weighted by atomic mass is 9.84. The lowest BCUT2D eigenvalue weighted by molar-refractivity contribution is 0.447. The molecule has 0 N–H and O–H groups in total. The van der Waals surface area contributed by atoms with Crippen LogP contribution in [0.5, 0.6) is 0 Å². The molecule has 0 saturated carbocycles. The Morgan fingerprint density at radius 2 is 0.288 bits per heavy atom. The summed E-state index contributed by atoms with van der Waals surface area (Å²) < 4.78 is 169. The van der Waals surface area contributed by atoms with Gasteiger partial charge in [0.05, 0.1) is 0 Å². The van der Waals surface area contributed by atoms with Crippen molar-refractivity contribution in [2.24, 2.45) is 0 Å². The first kappa shape index (κ1) is 43.4. The molecule has 9 aromatic rings. The van der Waals surface area contributed by atoms with E-state index in [1.165, 1.54) is 0 Å². The van der Waals surface area contributed by atoms with Gasteiger partial charge in [-0.3, -0.25) is 0 Å².